The van der Waals surface area contributed by atoms with Crippen LogP contribution in [0.5, 0.6) is 0 Å². The summed E-state index contributed by atoms with van der Waals surface area (Å²) in [6.07, 6.45) is 5.21. The fourth-order valence-corrected chi connectivity index (χ4v) is 3.76. The summed E-state index contributed by atoms with van der Waals surface area (Å²) < 4.78 is 0. The lowest BCUT2D eigenvalue weighted by Crippen LogP contribution is -2.45. The number of hydrogen-bond donors (Lipinski definition) is 2. The van der Waals surface area contributed by atoms with E-state index in [0.717, 1.165) is 32.7 Å². The fraction of sp³-hybridized carbons (Fsp3) is 0.478. The molecule has 0 aliphatic carbocycles. The van der Waals surface area contributed by atoms with Crippen molar-refractivity contribution in [1.82, 2.24) is 10.2 Å². The van der Waals surface area contributed by atoms with E-state index in [2.05, 4.69) is 77.1 Å². The number of rotatable bonds is 9. The molecule has 1 heterocycles. The molecule has 0 saturated carbocycles. The molecule has 0 spiro atoms. The summed E-state index contributed by atoms with van der Waals surface area (Å²) in [6.45, 7) is 7.70. The van der Waals surface area contributed by atoms with Crippen molar-refractivity contribution in [3.63, 3.8) is 0 Å². The Morgan fingerprint density at radius 3 is 2.38 bits per heavy atom. The number of anilines is 1. The molecule has 1 aliphatic heterocycles. The molecule has 1 saturated heterocycles. The first-order valence-electron chi connectivity index (χ1n) is 10.2. The monoisotopic (exact) mass is 351 g/mol. The van der Waals surface area contributed by atoms with Crippen LogP contribution in [0.3, 0.4) is 0 Å². The first-order chi connectivity index (χ1) is 12.9. The molecule has 1 fully saturated rings. The van der Waals surface area contributed by atoms with Crippen LogP contribution in [0.25, 0.3) is 0 Å². The first-order valence-corrected chi connectivity index (χ1v) is 10.2. The minimum absolute atomic E-state index is 0.562. The smallest absolute Gasteiger partial charge is 0.0400 e. The first kappa shape index (κ1) is 18.9. The Labute approximate surface area is 158 Å². The van der Waals surface area contributed by atoms with E-state index in [0.29, 0.717) is 6.04 Å². The Hall–Kier alpha value is -1.84. The normalized spacial score (nSPS) is 16.3. The number of benzene rings is 2. The number of nitrogens with zero attached hydrogens (tertiary/aromatic N) is 1. The predicted molar refractivity (Wildman–Crippen MR) is 112 cm³/mol. The van der Waals surface area contributed by atoms with Gasteiger partial charge in [0, 0.05) is 44.5 Å². The molecule has 3 rings (SSSR count). The molecular formula is C23H33N3. The van der Waals surface area contributed by atoms with E-state index in [1.165, 1.54) is 42.5 Å². The Kier molecular flexibility index (Phi) is 7.53. The van der Waals surface area contributed by atoms with Crippen molar-refractivity contribution >= 4 is 5.69 Å². The van der Waals surface area contributed by atoms with Crippen molar-refractivity contribution in [2.24, 2.45) is 0 Å². The van der Waals surface area contributed by atoms with Gasteiger partial charge in [0.1, 0.15) is 0 Å². The highest BCUT2D eigenvalue weighted by atomic mass is 15.2. The minimum atomic E-state index is 0.562. The second-order valence-corrected chi connectivity index (χ2v) is 7.26. The predicted octanol–water partition coefficient (Wildman–Crippen LogP) is 4.83. The molecule has 1 aliphatic rings. The average molecular weight is 352 g/mol. The van der Waals surface area contributed by atoms with Crippen LogP contribution in [0.15, 0.2) is 54.6 Å². The Balaban J connectivity index is 1.62. The van der Waals surface area contributed by atoms with Crippen molar-refractivity contribution < 1.29 is 0 Å². The van der Waals surface area contributed by atoms with Crippen molar-refractivity contribution in [1.29, 1.82) is 0 Å². The summed E-state index contributed by atoms with van der Waals surface area (Å²) in [7, 11) is 0. The average Bonchev–Trinajstić information content (AvgIpc) is 2.72. The molecule has 2 N–H and O–H groups in total. The van der Waals surface area contributed by atoms with Gasteiger partial charge in [0.05, 0.1) is 0 Å². The van der Waals surface area contributed by atoms with Crippen molar-refractivity contribution in [2.45, 2.75) is 45.2 Å². The number of nitrogens with one attached hydrogen (secondary N) is 2. The molecule has 0 unspecified atom stereocenters. The van der Waals surface area contributed by atoms with Gasteiger partial charge in [-0.05, 0) is 29.7 Å². The standard InChI is InChI=1S/C23H33N3/c1-2-3-5-10-23(26-17-15-24-16-18-26)21-11-13-22(14-12-21)25-19-20-8-6-4-7-9-20/h4,6-9,11-14,23-25H,2-3,5,10,15-19H2,1H3/t23-/m0/s1. The second kappa shape index (κ2) is 10.3. The SMILES string of the molecule is CCCCC[C@@H](c1ccc(NCc2ccccc2)cc1)N1CCNCC1. The summed E-state index contributed by atoms with van der Waals surface area (Å²) in [6, 6.07) is 20.3. The molecule has 3 heteroatoms. The van der Waals surface area contributed by atoms with Crippen molar-refractivity contribution in [3.8, 4) is 0 Å². The van der Waals surface area contributed by atoms with Gasteiger partial charge in [0.25, 0.3) is 0 Å². The maximum Gasteiger partial charge on any atom is 0.0400 e. The van der Waals surface area contributed by atoms with E-state index in [-0.39, 0.29) is 0 Å². The Morgan fingerprint density at radius 1 is 0.962 bits per heavy atom. The van der Waals surface area contributed by atoms with Gasteiger partial charge < -0.3 is 10.6 Å². The van der Waals surface area contributed by atoms with E-state index < -0.39 is 0 Å². The highest BCUT2D eigenvalue weighted by Gasteiger charge is 2.21. The lowest BCUT2D eigenvalue weighted by Gasteiger charge is -2.35. The zero-order chi connectivity index (χ0) is 18.0. The number of unbranched alkanes of at least 4 members (excludes halogenated alkanes) is 2. The minimum Gasteiger partial charge on any atom is -0.381 e. The molecule has 1 atom stereocenters. The number of piperazine rings is 1. The second-order valence-electron chi connectivity index (χ2n) is 7.26. The molecule has 26 heavy (non-hydrogen) atoms. The van der Waals surface area contributed by atoms with Gasteiger partial charge in [0.15, 0.2) is 0 Å². The third kappa shape index (κ3) is 5.58. The summed E-state index contributed by atoms with van der Waals surface area (Å²) in [5, 5.41) is 7.01. The van der Waals surface area contributed by atoms with Crippen LogP contribution in [0.4, 0.5) is 5.69 Å². The van der Waals surface area contributed by atoms with Crippen LogP contribution in [0, 0.1) is 0 Å². The van der Waals surface area contributed by atoms with Crippen LogP contribution in [0.2, 0.25) is 0 Å². The van der Waals surface area contributed by atoms with Gasteiger partial charge in [-0.2, -0.15) is 0 Å². The van der Waals surface area contributed by atoms with Crippen LogP contribution >= 0.6 is 0 Å². The molecule has 2 aromatic rings. The van der Waals surface area contributed by atoms with Crippen molar-refractivity contribution in [3.05, 3.63) is 65.7 Å². The Bertz CT molecular complexity index is 618. The number of hydrogen-bond acceptors (Lipinski definition) is 3. The molecular weight excluding hydrogens is 318 g/mol. The molecule has 0 bridgehead atoms. The van der Waals surface area contributed by atoms with Gasteiger partial charge in [-0.25, -0.2) is 0 Å². The lowest BCUT2D eigenvalue weighted by atomic mass is 9.98. The van der Waals surface area contributed by atoms with Gasteiger partial charge in [-0.3, -0.25) is 4.90 Å². The fourth-order valence-electron chi connectivity index (χ4n) is 3.76. The summed E-state index contributed by atoms with van der Waals surface area (Å²) in [4.78, 5) is 2.67. The third-order valence-corrected chi connectivity index (χ3v) is 5.31. The Morgan fingerprint density at radius 2 is 1.69 bits per heavy atom. The maximum atomic E-state index is 3.54. The van der Waals surface area contributed by atoms with Gasteiger partial charge >= 0.3 is 0 Å². The van der Waals surface area contributed by atoms with Crippen LogP contribution in [-0.2, 0) is 6.54 Å². The summed E-state index contributed by atoms with van der Waals surface area (Å²) >= 11 is 0. The van der Waals surface area contributed by atoms with Crippen LogP contribution < -0.4 is 10.6 Å². The van der Waals surface area contributed by atoms with E-state index in [4.69, 9.17) is 0 Å². The molecule has 2 aromatic carbocycles. The van der Waals surface area contributed by atoms with E-state index >= 15 is 0 Å². The molecule has 140 valence electrons. The van der Waals surface area contributed by atoms with E-state index in [9.17, 15) is 0 Å². The van der Waals surface area contributed by atoms with Gasteiger partial charge in [0.2, 0.25) is 0 Å². The zero-order valence-electron chi connectivity index (χ0n) is 16.1. The molecule has 0 aromatic heterocycles. The maximum absolute atomic E-state index is 3.54. The molecule has 0 amide bonds. The lowest BCUT2D eigenvalue weighted by molar-refractivity contribution is 0.163. The van der Waals surface area contributed by atoms with Crippen molar-refractivity contribution in [2.75, 3.05) is 31.5 Å². The summed E-state index contributed by atoms with van der Waals surface area (Å²) in [5.41, 5.74) is 3.98. The topological polar surface area (TPSA) is 27.3 Å². The quantitative estimate of drug-likeness (QED) is 0.634. The van der Waals surface area contributed by atoms with E-state index in [1.807, 2.05) is 0 Å². The van der Waals surface area contributed by atoms with Gasteiger partial charge in [-0.15, -0.1) is 0 Å². The van der Waals surface area contributed by atoms with Crippen LogP contribution in [-0.4, -0.2) is 31.1 Å². The highest BCUT2D eigenvalue weighted by molar-refractivity contribution is 5.45. The van der Waals surface area contributed by atoms with Crippen LogP contribution in [0.1, 0.15) is 49.8 Å². The van der Waals surface area contributed by atoms with Gasteiger partial charge in [-0.1, -0.05) is 68.7 Å². The largest absolute Gasteiger partial charge is 0.381 e. The molecule has 0 radical (unpaired) electrons. The highest BCUT2D eigenvalue weighted by Crippen LogP contribution is 2.28. The van der Waals surface area contributed by atoms with E-state index in [1.54, 1.807) is 0 Å². The molecule has 3 nitrogen and oxygen atoms in total. The third-order valence-electron chi connectivity index (χ3n) is 5.31. The zero-order valence-corrected chi connectivity index (χ0v) is 16.1. The summed E-state index contributed by atoms with van der Waals surface area (Å²) in [5.74, 6) is 0.